The fraction of sp³-hybridized carbons (Fsp3) is 0.200. The molecule has 0 heteroatoms. The number of fused-ring (bicyclic) bond motifs is 1. The fourth-order valence-electron chi connectivity index (χ4n) is 2.23. The van der Waals surface area contributed by atoms with Gasteiger partial charge in [0.15, 0.2) is 0 Å². The molecule has 0 saturated carbocycles. The summed E-state index contributed by atoms with van der Waals surface area (Å²) in [5, 5.41) is 5.39. The van der Waals surface area contributed by atoms with Crippen LogP contribution in [0.5, 0.6) is 0 Å². The Morgan fingerprint density at radius 2 is 1.60 bits per heavy atom. The second-order valence-electron chi connectivity index (χ2n) is 3.82. The first kappa shape index (κ1) is 9.97. The smallest absolute Gasteiger partial charge is 0.0109 e. The Bertz CT molecular complexity index is 604. The molecular weight excluding hydrogens is 180 g/mol. The summed E-state index contributed by atoms with van der Waals surface area (Å²) in [6.45, 7) is 6.38. The van der Waals surface area contributed by atoms with E-state index in [9.17, 15) is 0 Å². The number of hydrogen-bond acceptors (Lipinski definition) is 0. The maximum absolute atomic E-state index is 2.26. The molecule has 0 nitrogen and oxygen atoms in total. The first-order valence-electron chi connectivity index (χ1n) is 5.39. The van der Waals surface area contributed by atoms with Crippen LogP contribution in [0.2, 0.25) is 0 Å². The summed E-state index contributed by atoms with van der Waals surface area (Å²) in [6.07, 6.45) is 4.39. The summed E-state index contributed by atoms with van der Waals surface area (Å²) in [6, 6.07) is 10.8. The Morgan fingerprint density at radius 3 is 2.27 bits per heavy atom. The van der Waals surface area contributed by atoms with Gasteiger partial charge in [-0.3, -0.25) is 0 Å². The van der Waals surface area contributed by atoms with Crippen molar-refractivity contribution in [2.24, 2.45) is 0 Å². The van der Waals surface area contributed by atoms with Gasteiger partial charge in [0.1, 0.15) is 0 Å². The van der Waals surface area contributed by atoms with Crippen molar-refractivity contribution < 1.29 is 0 Å². The molecular formula is C15H16. The maximum atomic E-state index is 2.26. The predicted molar refractivity (Wildman–Crippen MR) is 68.2 cm³/mol. The van der Waals surface area contributed by atoms with E-state index in [-0.39, 0.29) is 0 Å². The summed E-state index contributed by atoms with van der Waals surface area (Å²) in [7, 11) is 0. The lowest BCUT2D eigenvalue weighted by molar-refractivity contribution is 1.39. The number of rotatable bonds is 0. The molecule has 0 aromatic heterocycles. The van der Waals surface area contributed by atoms with Gasteiger partial charge in [0.2, 0.25) is 0 Å². The van der Waals surface area contributed by atoms with E-state index < -0.39 is 0 Å². The standard InChI is InChI=1S/C15H16/c1-4-13-11(3)10-12-8-6-7-9-15(12)14(13)5-2/h4-10H,1-3H3. The lowest BCUT2D eigenvalue weighted by Gasteiger charge is -2.03. The third-order valence-electron chi connectivity index (χ3n) is 2.92. The molecule has 0 radical (unpaired) electrons. The van der Waals surface area contributed by atoms with Gasteiger partial charge in [0, 0.05) is 0 Å². The second-order valence-corrected chi connectivity index (χ2v) is 3.82. The highest BCUT2D eigenvalue weighted by atomic mass is 14.0. The van der Waals surface area contributed by atoms with E-state index in [2.05, 4.69) is 63.3 Å². The third kappa shape index (κ3) is 1.56. The first-order valence-corrected chi connectivity index (χ1v) is 5.39. The summed E-state index contributed by atoms with van der Waals surface area (Å²) in [4.78, 5) is 0. The fourth-order valence-corrected chi connectivity index (χ4v) is 2.23. The van der Waals surface area contributed by atoms with E-state index in [1.54, 1.807) is 0 Å². The van der Waals surface area contributed by atoms with Crippen molar-refractivity contribution in [3.63, 3.8) is 0 Å². The van der Waals surface area contributed by atoms with E-state index in [1.807, 2.05) is 0 Å². The van der Waals surface area contributed by atoms with Gasteiger partial charge >= 0.3 is 0 Å². The van der Waals surface area contributed by atoms with Crippen LogP contribution in [-0.4, -0.2) is 0 Å². The molecule has 2 rings (SSSR count). The second kappa shape index (κ2) is 3.90. The summed E-state index contributed by atoms with van der Waals surface area (Å²) in [5.41, 5.74) is 1.35. The van der Waals surface area contributed by atoms with Crippen LogP contribution < -0.4 is 10.4 Å². The van der Waals surface area contributed by atoms with Crippen LogP contribution in [0.15, 0.2) is 30.3 Å². The Morgan fingerprint density at radius 1 is 0.933 bits per heavy atom. The molecule has 0 fully saturated rings. The van der Waals surface area contributed by atoms with Gasteiger partial charge in [0.25, 0.3) is 0 Å². The highest BCUT2D eigenvalue weighted by molar-refractivity contribution is 5.84. The molecule has 0 unspecified atom stereocenters. The van der Waals surface area contributed by atoms with Crippen molar-refractivity contribution >= 4 is 22.9 Å². The maximum Gasteiger partial charge on any atom is -0.0109 e. The Kier molecular flexibility index (Phi) is 2.59. The van der Waals surface area contributed by atoms with Crippen LogP contribution in [0.1, 0.15) is 19.4 Å². The monoisotopic (exact) mass is 196 g/mol. The van der Waals surface area contributed by atoms with Crippen LogP contribution in [0.25, 0.3) is 22.9 Å². The van der Waals surface area contributed by atoms with Gasteiger partial charge in [-0.1, -0.05) is 42.5 Å². The van der Waals surface area contributed by atoms with Gasteiger partial charge in [-0.2, -0.15) is 0 Å². The molecule has 0 amide bonds. The van der Waals surface area contributed by atoms with Gasteiger partial charge in [-0.25, -0.2) is 0 Å². The van der Waals surface area contributed by atoms with Crippen molar-refractivity contribution in [2.75, 3.05) is 0 Å². The molecule has 0 aliphatic heterocycles. The molecule has 0 heterocycles. The van der Waals surface area contributed by atoms with Crippen molar-refractivity contribution in [3.8, 4) is 0 Å². The molecule has 0 saturated heterocycles. The molecule has 15 heavy (non-hydrogen) atoms. The van der Waals surface area contributed by atoms with Gasteiger partial charge in [-0.15, -0.1) is 0 Å². The van der Waals surface area contributed by atoms with Crippen molar-refractivity contribution in [1.29, 1.82) is 0 Å². The molecule has 0 atom stereocenters. The number of hydrogen-bond donors (Lipinski definition) is 0. The zero-order valence-corrected chi connectivity index (χ0v) is 9.54. The highest BCUT2D eigenvalue weighted by Crippen LogP contribution is 2.08. The minimum absolute atomic E-state index is 1.33. The largest absolute Gasteiger partial charge is 0.0795 e. The van der Waals surface area contributed by atoms with E-state index >= 15 is 0 Å². The van der Waals surface area contributed by atoms with Crippen molar-refractivity contribution in [1.82, 2.24) is 0 Å². The van der Waals surface area contributed by atoms with Crippen LogP contribution in [-0.2, 0) is 0 Å². The van der Waals surface area contributed by atoms with E-state index in [0.717, 1.165) is 0 Å². The lowest BCUT2D eigenvalue weighted by atomic mass is 10.0. The summed E-state index contributed by atoms with van der Waals surface area (Å²) < 4.78 is 0. The van der Waals surface area contributed by atoms with E-state index in [1.165, 1.54) is 26.8 Å². The lowest BCUT2D eigenvalue weighted by Crippen LogP contribution is -2.27. The zero-order valence-electron chi connectivity index (χ0n) is 9.54. The number of aryl methyl sites for hydroxylation is 1. The van der Waals surface area contributed by atoms with Crippen molar-refractivity contribution in [2.45, 2.75) is 20.8 Å². The Labute approximate surface area is 90.6 Å². The van der Waals surface area contributed by atoms with Crippen LogP contribution in [0.4, 0.5) is 0 Å². The van der Waals surface area contributed by atoms with Gasteiger partial charge in [-0.05, 0) is 47.5 Å². The minimum atomic E-state index is 1.33. The predicted octanol–water partition coefficient (Wildman–Crippen LogP) is 2.75. The third-order valence-corrected chi connectivity index (χ3v) is 2.92. The van der Waals surface area contributed by atoms with Crippen LogP contribution in [0, 0.1) is 6.92 Å². The Balaban J connectivity index is 3.14. The van der Waals surface area contributed by atoms with Gasteiger partial charge < -0.3 is 0 Å². The molecule has 0 aliphatic carbocycles. The van der Waals surface area contributed by atoms with E-state index in [4.69, 9.17) is 0 Å². The molecule has 76 valence electrons. The van der Waals surface area contributed by atoms with E-state index in [0.29, 0.717) is 0 Å². The molecule has 0 spiro atoms. The highest BCUT2D eigenvalue weighted by Gasteiger charge is 1.97. The SMILES string of the molecule is CC=c1c(C)cc2ccccc2c1=CC. The molecule has 2 aromatic carbocycles. The zero-order chi connectivity index (χ0) is 10.8. The average Bonchev–Trinajstić information content (AvgIpc) is 2.27. The molecule has 0 bridgehead atoms. The molecule has 2 aromatic rings. The quantitative estimate of drug-likeness (QED) is 0.608. The normalized spacial score (nSPS) is 13.8. The molecule has 0 aliphatic rings. The first-order chi connectivity index (χ1) is 7.27. The van der Waals surface area contributed by atoms with Gasteiger partial charge in [0.05, 0.1) is 0 Å². The summed E-state index contributed by atoms with van der Waals surface area (Å²) in [5.74, 6) is 0. The average molecular weight is 196 g/mol. The van der Waals surface area contributed by atoms with Crippen molar-refractivity contribution in [3.05, 3.63) is 46.3 Å². The topological polar surface area (TPSA) is 0 Å². The molecule has 0 N–H and O–H groups in total. The summed E-state index contributed by atoms with van der Waals surface area (Å²) >= 11 is 0. The minimum Gasteiger partial charge on any atom is -0.0795 e. The van der Waals surface area contributed by atoms with Crippen LogP contribution in [0.3, 0.4) is 0 Å². The Hall–Kier alpha value is -1.56. The van der Waals surface area contributed by atoms with Crippen LogP contribution >= 0.6 is 0 Å². The number of benzene rings is 2.